The Labute approximate surface area is 199 Å². The number of furan rings is 1. The number of nitrogen functional groups attached to an aromatic ring is 1. The van der Waals surface area contributed by atoms with Crippen LogP contribution in [0.1, 0.15) is 34.7 Å². The predicted molar refractivity (Wildman–Crippen MR) is 112 cm³/mol. The second-order valence-corrected chi connectivity index (χ2v) is 6.95. The number of hydrogen-bond acceptors (Lipinski definition) is 8. The molecule has 0 saturated carbocycles. The van der Waals surface area contributed by atoms with E-state index >= 15 is 0 Å². The number of alkyl halides is 3. The number of carbonyl (C=O) groups is 5. The number of carbonyl (C=O) groups excluding carboxylic acids is 2. The molecule has 0 spiro atoms. The number of benzene rings is 1. The molecule has 0 fully saturated rings. The summed E-state index contributed by atoms with van der Waals surface area (Å²) in [5, 5.41) is 32.1. The van der Waals surface area contributed by atoms with Crippen molar-refractivity contribution in [1.82, 2.24) is 0 Å². The molecule has 0 aliphatic heterocycles. The largest absolute Gasteiger partial charge is 0.490 e. The molecule has 194 valence electrons. The van der Waals surface area contributed by atoms with Crippen LogP contribution in [0.5, 0.6) is 5.75 Å². The summed E-state index contributed by atoms with van der Waals surface area (Å²) in [6, 6.07) is 8.61. The molecular formula is C21H19F3N2O10. The third-order valence-corrected chi connectivity index (χ3v) is 4.10. The normalized spacial score (nSPS) is 11.4. The standard InChI is InChI=1S/C19H18N2O8.C2HF3O2/c20-17(21)10-1-3-13(4-2-10)29-19(27)15-6-5-14(28-15)9-12(22)7-11(18(25)26)8-16(23)24;3-2(4,5)1(6)7/h1-6,11H,7-9H2,(H3,20,21)(H,23,24)(H,25,26);(H,6,7). The van der Waals surface area contributed by atoms with Crippen LogP contribution in [0.2, 0.25) is 0 Å². The first kappa shape index (κ1) is 29.3. The number of halogens is 3. The van der Waals surface area contributed by atoms with Crippen LogP contribution in [-0.2, 0) is 25.6 Å². The monoisotopic (exact) mass is 516 g/mol. The van der Waals surface area contributed by atoms with Gasteiger partial charge in [0.1, 0.15) is 23.1 Å². The number of esters is 1. The van der Waals surface area contributed by atoms with Gasteiger partial charge < -0.3 is 30.2 Å². The Kier molecular flexibility index (Phi) is 10.3. The molecule has 0 saturated heterocycles. The summed E-state index contributed by atoms with van der Waals surface area (Å²) in [5.74, 6) is -8.10. The van der Waals surface area contributed by atoms with Gasteiger partial charge in [0, 0.05) is 12.0 Å². The Bertz CT molecular complexity index is 1140. The maximum Gasteiger partial charge on any atom is 0.490 e. The number of aliphatic carboxylic acids is 3. The van der Waals surface area contributed by atoms with Gasteiger partial charge in [0.2, 0.25) is 5.76 Å². The molecule has 1 atom stereocenters. The van der Waals surface area contributed by atoms with Gasteiger partial charge in [0.15, 0.2) is 0 Å². The van der Waals surface area contributed by atoms with Crippen LogP contribution in [0.15, 0.2) is 40.8 Å². The smallest absolute Gasteiger partial charge is 0.481 e. The van der Waals surface area contributed by atoms with Crippen molar-refractivity contribution in [2.75, 3.05) is 0 Å². The van der Waals surface area contributed by atoms with Crippen molar-refractivity contribution in [3.8, 4) is 5.75 Å². The number of carboxylic acids is 3. The first-order valence-electron chi connectivity index (χ1n) is 9.61. The van der Waals surface area contributed by atoms with E-state index < -0.39 is 54.6 Å². The minimum atomic E-state index is -5.08. The maximum absolute atomic E-state index is 12.1. The summed E-state index contributed by atoms with van der Waals surface area (Å²) in [5.41, 5.74) is 5.80. The summed E-state index contributed by atoms with van der Waals surface area (Å²) >= 11 is 0. The van der Waals surface area contributed by atoms with Crippen molar-refractivity contribution < 1.29 is 61.6 Å². The Hall–Kier alpha value is -4.69. The molecule has 1 aromatic heterocycles. The average molecular weight is 516 g/mol. The van der Waals surface area contributed by atoms with Gasteiger partial charge in [-0.1, -0.05) is 0 Å². The average Bonchev–Trinajstić information content (AvgIpc) is 3.21. The third kappa shape index (κ3) is 10.1. The first-order chi connectivity index (χ1) is 16.6. The minimum absolute atomic E-state index is 0.119. The molecule has 0 amide bonds. The lowest BCUT2D eigenvalue weighted by Gasteiger charge is -2.08. The van der Waals surface area contributed by atoms with Crippen LogP contribution in [0.4, 0.5) is 13.2 Å². The molecule has 1 aromatic carbocycles. The lowest BCUT2D eigenvalue weighted by molar-refractivity contribution is -0.192. The zero-order valence-electron chi connectivity index (χ0n) is 18.1. The van der Waals surface area contributed by atoms with Crippen LogP contribution >= 0.6 is 0 Å². The number of hydrogen-bond donors (Lipinski definition) is 5. The van der Waals surface area contributed by atoms with E-state index in [1.165, 1.54) is 36.4 Å². The van der Waals surface area contributed by atoms with E-state index in [9.17, 15) is 32.3 Å². The van der Waals surface area contributed by atoms with E-state index in [-0.39, 0.29) is 29.5 Å². The SMILES string of the molecule is N=C(N)c1ccc(OC(=O)c2ccc(CC(=O)CC(CC(=O)O)C(=O)O)o2)cc1.O=C(O)C(F)(F)F. The molecule has 2 aromatic rings. The van der Waals surface area contributed by atoms with Crippen molar-refractivity contribution in [2.45, 2.75) is 25.4 Å². The van der Waals surface area contributed by atoms with Crippen molar-refractivity contribution in [2.24, 2.45) is 11.7 Å². The van der Waals surface area contributed by atoms with E-state index in [4.69, 9.17) is 40.4 Å². The van der Waals surface area contributed by atoms with Crippen molar-refractivity contribution >= 4 is 35.5 Å². The highest BCUT2D eigenvalue weighted by molar-refractivity contribution is 5.95. The van der Waals surface area contributed by atoms with Crippen LogP contribution in [0.25, 0.3) is 0 Å². The molecule has 1 unspecified atom stereocenters. The summed E-state index contributed by atoms with van der Waals surface area (Å²) in [6.07, 6.45) is -6.51. The lowest BCUT2D eigenvalue weighted by Crippen LogP contribution is -2.22. The highest BCUT2D eigenvalue weighted by Gasteiger charge is 2.38. The van der Waals surface area contributed by atoms with Gasteiger partial charge in [-0.25, -0.2) is 9.59 Å². The van der Waals surface area contributed by atoms with Crippen molar-refractivity contribution in [1.29, 1.82) is 5.41 Å². The van der Waals surface area contributed by atoms with Gasteiger partial charge in [0.05, 0.1) is 18.8 Å². The lowest BCUT2D eigenvalue weighted by atomic mass is 9.97. The molecule has 0 aliphatic carbocycles. The zero-order valence-corrected chi connectivity index (χ0v) is 18.1. The summed E-state index contributed by atoms with van der Waals surface area (Å²) < 4.78 is 42.1. The number of nitrogens with one attached hydrogen (secondary N) is 1. The van der Waals surface area contributed by atoms with Crippen LogP contribution < -0.4 is 10.5 Å². The zero-order chi connectivity index (χ0) is 27.6. The van der Waals surface area contributed by atoms with Gasteiger partial charge >= 0.3 is 30.1 Å². The fourth-order valence-corrected chi connectivity index (χ4v) is 2.44. The summed E-state index contributed by atoms with van der Waals surface area (Å²) in [4.78, 5) is 54.7. The van der Waals surface area contributed by atoms with Crippen molar-refractivity contribution in [3.05, 3.63) is 53.5 Å². The topological polar surface area (TPSA) is 218 Å². The molecule has 0 radical (unpaired) electrons. The quantitative estimate of drug-likeness (QED) is 0.133. The Morgan fingerprint density at radius 1 is 0.972 bits per heavy atom. The molecular weight excluding hydrogens is 497 g/mol. The number of carboxylic acid groups (broad SMARTS) is 3. The fraction of sp³-hybridized carbons (Fsp3) is 0.238. The van der Waals surface area contributed by atoms with E-state index in [0.717, 1.165) is 0 Å². The number of ketones is 1. The predicted octanol–water partition coefficient (Wildman–Crippen LogP) is 2.09. The summed E-state index contributed by atoms with van der Waals surface area (Å²) in [6.45, 7) is 0. The van der Waals surface area contributed by atoms with Gasteiger partial charge in [-0.3, -0.25) is 19.8 Å². The Morgan fingerprint density at radius 3 is 1.97 bits per heavy atom. The summed E-state index contributed by atoms with van der Waals surface area (Å²) in [7, 11) is 0. The molecule has 15 heteroatoms. The molecule has 6 N–H and O–H groups in total. The van der Waals surface area contributed by atoms with Crippen LogP contribution in [-0.4, -0.2) is 57.0 Å². The molecule has 0 bridgehead atoms. The minimum Gasteiger partial charge on any atom is -0.481 e. The van der Waals surface area contributed by atoms with E-state index in [1.807, 2.05) is 0 Å². The molecule has 36 heavy (non-hydrogen) atoms. The van der Waals surface area contributed by atoms with Gasteiger partial charge in [-0.2, -0.15) is 13.2 Å². The van der Waals surface area contributed by atoms with Gasteiger partial charge in [0.25, 0.3) is 0 Å². The highest BCUT2D eigenvalue weighted by atomic mass is 19.4. The highest BCUT2D eigenvalue weighted by Crippen LogP contribution is 2.18. The number of rotatable bonds is 10. The van der Waals surface area contributed by atoms with Gasteiger partial charge in [-0.15, -0.1) is 0 Å². The van der Waals surface area contributed by atoms with E-state index in [2.05, 4.69) is 0 Å². The third-order valence-electron chi connectivity index (χ3n) is 4.10. The number of amidine groups is 1. The number of ether oxygens (including phenoxy) is 1. The molecule has 2 rings (SSSR count). The molecule has 12 nitrogen and oxygen atoms in total. The number of Topliss-reactive ketones (excluding diaryl/α,β-unsaturated/α-hetero) is 1. The van der Waals surface area contributed by atoms with E-state index in [1.54, 1.807) is 0 Å². The second-order valence-electron chi connectivity index (χ2n) is 6.95. The van der Waals surface area contributed by atoms with Gasteiger partial charge in [-0.05, 0) is 36.4 Å². The second kappa shape index (κ2) is 12.7. The first-order valence-corrected chi connectivity index (χ1v) is 9.61. The van der Waals surface area contributed by atoms with Crippen LogP contribution in [0.3, 0.4) is 0 Å². The number of nitrogens with two attached hydrogens (primary N) is 1. The Balaban J connectivity index is 0.000000809. The van der Waals surface area contributed by atoms with E-state index in [0.29, 0.717) is 5.56 Å². The Morgan fingerprint density at radius 2 is 1.53 bits per heavy atom. The fourth-order valence-electron chi connectivity index (χ4n) is 2.44. The maximum atomic E-state index is 12.1. The molecule has 1 heterocycles. The van der Waals surface area contributed by atoms with Crippen molar-refractivity contribution in [3.63, 3.8) is 0 Å². The molecule has 0 aliphatic rings. The van der Waals surface area contributed by atoms with Crippen LogP contribution in [0, 0.1) is 11.3 Å².